The average molecular weight is 566 g/mol. The first-order valence-corrected chi connectivity index (χ1v) is 14.2. The quantitative estimate of drug-likeness (QED) is 0.246. The first kappa shape index (κ1) is 26.5. The van der Waals surface area contributed by atoms with Gasteiger partial charge in [-0.1, -0.05) is 36.4 Å². The molecule has 0 atom stereocenters. The second-order valence-electron chi connectivity index (χ2n) is 9.75. The van der Waals surface area contributed by atoms with Gasteiger partial charge in [0.2, 0.25) is 0 Å². The van der Waals surface area contributed by atoms with Crippen molar-refractivity contribution in [1.82, 2.24) is 18.9 Å². The van der Waals surface area contributed by atoms with Gasteiger partial charge in [0, 0.05) is 47.7 Å². The van der Waals surface area contributed by atoms with Gasteiger partial charge in [-0.05, 0) is 49.2 Å². The molecule has 9 heteroatoms. The number of aromatic amines is 1. The van der Waals surface area contributed by atoms with Crippen LogP contribution in [0, 0.1) is 6.92 Å². The van der Waals surface area contributed by atoms with Crippen molar-refractivity contribution >= 4 is 27.9 Å². The maximum atomic E-state index is 13.7. The fraction of sp³-hybridized carbons (Fsp3) is 0.188. The number of aryl methyl sites for hydroxylation is 1. The summed E-state index contributed by atoms with van der Waals surface area (Å²) in [5.74, 6) is 1.43. The third-order valence-corrected chi connectivity index (χ3v) is 8.36. The van der Waals surface area contributed by atoms with Crippen molar-refractivity contribution < 1.29 is 9.47 Å². The second kappa shape index (κ2) is 11.0. The number of thiazole rings is 1. The van der Waals surface area contributed by atoms with Crippen molar-refractivity contribution in [2.45, 2.75) is 19.9 Å². The topological polar surface area (TPSA) is 78.5 Å². The van der Waals surface area contributed by atoms with Crippen LogP contribution in [0.15, 0.2) is 94.2 Å². The van der Waals surface area contributed by atoms with Crippen LogP contribution in [0.3, 0.4) is 0 Å². The normalized spacial score (nSPS) is 11.9. The number of hydrogen-bond donors (Lipinski definition) is 1. The van der Waals surface area contributed by atoms with E-state index in [4.69, 9.17) is 14.5 Å². The summed E-state index contributed by atoms with van der Waals surface area (Å²) in [5.41, 5.74) is 6.08. The van der Waals surface area contributed by atoms with E-state index in [1.807, 2.05) is 73.3 Å². The van der Waals surface area contributed by atoms with Gasteiger partial charge in [-0.25, -0.2) is 9.67 Å². The lowest BCUT2D eigenvalue weighted by atomic mass is 10.1. The van der Waals surface area contributed by atoms with Crippen LogP contribution in [0.2, 0.25) is 0 Å². The van der Waals surface area contributed by atoms with Crippen LogP contribution in [0.5, 0.6) is 11.5 Å². The number of nitrogens with one attached hydrogen (secondary N) is 1. The van der Waals surface area contributed by atoms with Gasteiger partial charge in [0.15, 0.2) is 10.5 Å². The molecule has 3 aromatic heterocycles. The number of nitrogens with zero attached hydrogens (tertiary/aromatic N) is 4. The fourth-order valence-electron chi connectivity index (χ4n) is 5.21. The lowest BCUT2D eigenvalue weighted by Crippen LogP contribution is -2.20. The van der Waals surface area contributed by atoms with Gasteiger partial charge >= 0.3 is 0 Å². The minimum absolute atomic E-state index is 0.156. The Morgan fingerprint density at radius 3 is 2.54 bits per heavy atom. The van der Waals surface area contributed by atoms with Crippen molar-refractivity contribution in [2.75, 3.05) is 14.2 Å². The summed E-state index contributed by atoms with van der Waals surface area (Å²) in [6.07, 6.45) is 2.85. The number of rotatable bonds is 8. The van der Waals surface area contributed by atoms with E-state index in [-0.39, 0.29) is 5.56 Å². The highest BCUT2D eigenvalue weighted by molar-refractivity contribution is 7.07. The molecule has 0 aliphatic carbocycles. The Morgan fingerprint density at radius 2 is 1.76 bits per heavy atom. The van der Waals surface area contributed by atoms with Crippen LogP contribution in [-0.4, -0.2) is 33.1 Å². The van der Waals surface area contributed by atoms with E-state index in [0.717, 1.165) is 45.1 Å². The van der Waals surface area contributed by atoms with Crippen molar-refractivity contribution in [3.8, 4) is 28.4 Å². The Balaban J connectivity index is 1.50. The lowest BCUT2D eigenvalue weighted by Gasteiger charge is -2.13. The fourth-order valence-corrected chi connectivity index (χ4v) is 6.14. The molecular weight excluding hydrogens is 534 g/mol. The number of methoxy groups -OCH3 is 2. The second-order valence-corrected chi connectivity index (χ2v) is 10.6. The van der Waals surface area contributed by atoms with Crippen LogP contribution in [0.1, 0.15) is 11.3 Å². The molecule has 0 aliphatic rings. The van der Waals surface area contributed by atoms with E-state index >= 15 is 0 Å². The highest BCUT2D eigenvalue weighted by Crippen LogP contribution is 2.34. The van der Waals surface area contributed by atoms with Gasteiger partial charge in [0.05, 0.1) is 31.3 Å². The summed E-state index contributed by atoms with van der Waals surface area (Å²) in [6.45, 7) is 2.59. The summed E-state index contributed by atoms with van der Waals surface area (Å²) in [6, 6.07) is 23.8. The molecule has 0 amide bonds. The first-order valence-electron chi connectivity index (χ1n) is 13.3. The highest BCUT2D eigenvalue weighted by Gasteiger charge is 2.18. The number of aromatic nitrogens is 4. The zero-order valence-corrected chi connectivity index (χ0v) is 24.2. The van der Waals surface area contributed by atoms with Crippen molar-refractivity contribution in [3.63, 3.8) is 0 Å². The number of hydrogen-bond acceptors (Lipinski definition) is 5. The maximum absolute atomic E-state index is 13.7. The monoisotopic (exact) mass is 565 g/mol. The maximum Gasteiger partial charge on any atom is 0.297 e. The lowest BCUT2D eigenvalue weighted by molar-refractivity contribution is 0.395. The summed E-state index contributed by atoms with van der Waals surface area (Å²) in [4.78, 5) is 22.8. The largest absolute Gasteiger partial charge is 0.497 e. The predicted octanol–water partition coefficient (Wildman–Crippen LogP) is 5.99. The van der Waals surface area contributed by atoms with E-state index in [0.29, 0.717) is 18.0 Å². The molecule has 41 heavy (non-hydrogen) atoms. The highest BCUT2D eigenvalue weighted by atomic mass is 32.1. The van der Waals surface area contributed by atoms with Gasteiger partial charge in [0.25, 0.3) is 5.56 Å². The standard InChI is InChI=1S/C32H31N5O3S/c1-21-30(31(38)37(35(21)2)23-10-6-5-7-11-23)34-32-36(17-16-22-19-33-27-13-9-8-12-25(22)27)28(20-41-32)26-15-14-24(39-3)18-29(26)40-4/h5-15,18-20,33H,16-17H2,1-4H3. The average Bonchev–Trinajstić information content (AvgIpc) is 3.67. The number of benzene rings is 3. The minimum Gasteiger partial charge on any atom is -0.497 e. The van der Waals surface area contributed by atoms with Crippen LogP contribution in [-0.2, 0) is 20.0 Å². The summed E-state index contributed by atoms with van der Waals surface area (Å²) in [5, 5.41) is 3.28. The van der Waals surface area contributed by atoms with Crippen molar-refractivity contribution in [1.29, 1.82) is 0 Å². The van der Waals surface area contributed by atoms with Crippen molar-refractivity contribution in [2.24, 2.45) is 12.0 Å². The number of H-pyrrole nitrogens is 1. The van der Waals surface area contributed by atoms with Crippen LogP contribution < -0.4 is 19.8 Å². The molecule has 0 saturated carbocycles. The Hall–Kier alpha value is -4.76. The predicted molar refractivity (Wildman–Crippen MR) is 164 cm³/mol. The molecule has 0 bridgehead atoms. The van der Waals surface area contributed by atoms with Crippen molar-refractivity contribution in [3.05, 3.63) is 111 Å². The molecule has 0 aliphatic heterocycles. The zero-order chi connectivity index (χ0) is 28.5. The third kappa shape index (κ3) is 4.78. The molecule has 6 rings (SSSR count). The Bertz CT molecular complexity index is 1970. The Kier molecular flexibility index (Phi) is 7.11. The van der Waals surface area contributed by atoms with Gasteiger partial charge in [-0.2, -0.15) is 0 Å². The summed E-state index contributed by atoms with van der Waals surface area (Å²) in [7, 11) is 5.18. The molecular formula is C32H31N5O3S. The molecule has 8 nitrogen and oxygen atoms in total. The number of ether oxygens (including phenoxy) is 2. The van der Waals surface area contributed by atoms with E-state index in [9.17, 15) is 4.79 Å². The van der Waals surface area contributed by atoms with Crippen LogP contribution in [0.4, 0.5) is 5.69 Å². The molecule has 0 spiro atoms. The SMILES string of the molecule is COc1ccc(-c2csc(=Nc3c(C)n(C)n(-c4ccccc4)c3=O)n2CCc2c[nH]c3ccccc23)c(OC)c1. The number of fused-ring (bicyclic) bond motifs is 1. The Morgan fingerprint density at radius 1 is 0.976 bits per heavy atom. The van der Waals surface area contributed by atoms with Crippen LogP contribution in [0.25, 0.3) is 27.8 Å². The molecule has 3 heterocycles. The first-order chi connectivity index (χ1) is 20.0. The third-order valence-electron chi connectivity index (χ3n) is 7.49. The summed E-state index contributed by atoms with van der Waals surface area (Å²) >= 11 is 1.51. The van der Waals surface area contributed by atoms with Gasteiger partial charge < -0.3 is 19.0 Å². The van der Waals surface area contributed by atoms with E-state index < -0.39 is 0 Å². The van der Waals surface area contributed by atoms with Gasteiger partial charge in [-0.15, -0.1) is 11.3 Å². The van der Waals surface area contributed by atoms with E-state index in [1.54, 1.807) is 18.9 Å². The molecule has 1 N–H and O–H groups in total. The van der Waals surface area contributed by atoms with E-state index in [2.05, 4.69) is 39.3 Å². The van der Waals surface area contributed by atoms with Crippen LogP contribution >= 0.6 is 11.3 Å². The summed E-state index contributed by atoms with van der Waals surface area (Å²) < 4.78 is 16.9. The Labute approximate surface area is 241 Å². The molecule has 0 radical (unpaired) electrons. The minimum atomic E-state index is -0.156. The molecule has 6 aromatic rings. The molecule has 208 valence electrons. The zero-order valence-electron chi connectivity index (χ0n) is 23.4. The smallest absolute Gasteiger partial charge is 0.297 e. The molecule has 0 unspecified atom stereocenters. The number of para-hydroxylation sites is 2. The molecule has 3 aromatic carbocycles. The molecule has 0 fully saturated rings. The van der Waals surface area contributed by atoms with Gasteiger partial charge in [-0.3, -0.25) is 9.48 Å². The van der Waals surface area contributed by atoms with E-state index in [1.165, 1.54) is 22.3 Å². The van der Waals surface area contributed by atoms with Gasteiger partial charge in [0.1, 0.15) is 11.5 Å². The molecule has 0 saturated heterocycles.